The molecule has 0 spiro atoms. The van der Waals surface area contributed by atoms with Gasteiger partial charge in [0.1, 0.15) is 30.7 Å². The van der Waals surface area contributed by atoms with Gasteiger partial charge in [-0.3, -0.25) is 14.1 Å². The number of benzene rings is 6. The van der Waals surface area contributed by atoms with Crippen LogP contribution in [-0.4, -0.2) is 74.4 Å². The summed E-state index contributed by atoms with van der Waals surface area (Å²) in [6.07, 6.45) is 4.95. The topological polar surface area (TPSA) is 187 Å². The standard InChI is InChI=1S/C31H34N3O3.C22H22N2O3.C7H8O3S/c1-7-37-28(35)22-14-13-17-24(20-22)34(29(36)30(2,3)23-15-9-8-10-16-23)32-21-27-31(4,5)25-18-11-12-19-26(25)33(27)6;1-4-16(2)18-7-11-21(12-8-18)27-22(26)19(14-23)13-17-5-9-20(10-6-17)24(3)15-25;1-6-2-4-7(5-3-6)11(8,9)10/h8-21H,7H2,1-6H3;5-13,15-16H,4H2,1-3H3;2-5H,1H3,(H,8,9,10)/q+1;;. The molecule has 15 heteroatoms. The lowest BCUT2D eigenvalue weighted by Crippen LogP contribution is -2.42. The molecule has 14 nitrogen and oxygen atoms in total. The number of fused-ring (bicyclic) bond motifs is 1. The third kappa shape index (κ3) is 14.7. The number of rotatable bonds is 15. The summed E-state index contributed by atoms with van der Waals surface area (Å²) in [5.41, 5.74) is 7.24. The smallest absolute Gasteiger partial charge is 0.354 e. The van der Waals surface area contributed by atoms with Crippen LogP contribution in [0.4, 0.5) is 17.1 Å². The number of anilines is 2. The molecule has 6 aromatic rings. The Labute approximate surface area is 440 Å². The highest BCUT2D eigenvalue weighted by Gasteiger charge is 2.44. The number of para-hydroxylation sites is 1. The van der Waals surface area contributed by atoms with Crippen molar-refractivity contribution >= 4 is 69.4 Å². The van der Waals surface area contributed by atoms with E-state index in [0.29, 0.717) is 40.6 Å². The summed E-state index contributed by atoms with van der Waals surface area (Å²) < 4.78 is 42.2. The van der Waals surface area contributed by atoms with Crippen molar-refractivity contribution in [2.45, 2.75) is 83.5 Å². The van der Waals surface area contributed by atoms with Crippen LogP contribution in [0.25, 0.3) is 6.08 Å². The normalized spacial score (nSPS) is 13.2. The van der Waals surface area contributed by atoms with Crippen LogP contribution in [0.15, 0.2) is 167 Å². The second-order valence-corrected chi connectivity index (χ2v) is 20.2. The fraction of sp³-hybridized carbons (Fsp3) is 0.250. The molecule has 2 amide bonds. The number of esters is 2. The van der Waals surface area contributed by atoms with Gasteiger partial charge >= 0.3 is 11.9 Å². The van der Waals surface area contributed by atoms with E-state index >= 15 is 0 Å². The van der Waals surface area contributed by atoms with Crippen molar-refractivity contribution < 1.29 is 46.2 Å². The molecule has 1 N–H and O–H groups in total. The number of ether oxygens (including phenoxy) is 2. The Balaban J connectivity index is 0.000000238. The van der Waals surface area contributed by atoms with Crippen LogP contribution in [0.3, 0.4) is 0 Å². The summed E-state index contributed by atoms with van der Waals surface area (Å²) in [6, 6.07) is 46.8. The van der Waals surface area contributed by atoms with Crippen molar-refractivity contribution in [2.75, 3.05) is 30.6 Å². The Hall–Kier alpha value is -8.32. The Bertz CT molecular complexity index is 3230. The quantitative estimate of drug-likeness (QED) is 0.0119. The van der Waals surface area contributed by atoms with Crippen molar-refractivity contribution in [1.29, 1.82) is 5.26 Å². The van der Waals surface area contributed by atoms with Crippen LogP contribution in [-0.2, 0) is 40.1 Å². The van der Waals surface area contributed by atoms with Gasteiger partial charge in [0.15, 0.2) is 0 Å². The van der Waals surface area contributed by atoms with Gasteiger partial charge < -0.3 is 14.4 Å². The lowest BCUT2D eigenvalue weighted by molar-refractivity contribution is -0.400. The second-order valence-electron chi connectivity index (χ2n) is 18.7. The van der Waals surface area contributed by atoms with Gasteiger partial charge in [-0.2, -0.15) is 28.4 Å². The molecule has 75 heavy (non-hydrogen) atoms. The van der Waals surface area contributed by atoms with Gasteiger partial charge in [-0.1, -0.05) is 110 Å². The molecule has 1 aliphatic heterocycles. The first-order valence-corrected chi connectivity index (χ1v) is 25.7. The molecule has 0 aliphatic carbocycles. The number of hydrogen-bond acceptors (Lipinski definition) is 10. The van der Waals surface area contributed by atoms with Crippen molar-refractivity contribution in [3.05, 3.63) is 191 Å². The molecule has 1 unspecified atom stereocenters. The maximum Gasteiger partial charge on any atom is 0.354 e. The Morgan fingerprint density at radius 2 is 1.48 bits per heavy atom. The lowest BCUT2D eigenvalue weighted by Gasteiger charge is -2.29. The van der Waals surface area contributed by atoms with E-state index < -0.39 is 27.5 Å². The van der Waals surface area contributed by atoms with Crippen LogP contribution in [0.5, 0.6) is 5.75 Å². The predicted octanol–water partition coefficient (Wildman–Crippen LogP) is 11.4. The average Bonchev–Trinajstić information content (AvgIpc) is 3.61. The molecule has 0 radical (unpaired) electrons. The van der Waals surface area contributed by atoms with Crippen molar-refractivity contribution in [2.24, 2.45) is 5.10 Å². The number of carbonyl (C=O) groups is 4. The number of nitrogens with zero attached hydrogens (tertiary/aromatic N) is 5. The van der Waals surface area contributed by atoms with E-state index in [-0.39, 0.29) is 28.4 Å². The third-order valence-corrected chi connectivity index (χ3v) is 13.6. The van der Waals surface area contributed by atoms with Gasteiger partial charge in [0.2, 0.25) is 17.8 Å². The number of carbonyl (C=O) groups excluding carboxylic acids is 4. The van der Waals surface area contributed by atoms with E-state index in [2.05, 4.69) is 44.4 Å². The molecular weight excluding hydrogens is 967 g/mol. The highest BCUT2D eigenvalue weighted by molar-refractivity contribution is 7.85. The van der Waals surface area contributed by atoms with Crippen LogP contribution >= 0.6 is 0 Å². The second kappa shape index (κ2) is 25.6. The van der Waals surface area contributed by atoms with Gasteiger partial charge in [-0.15, -0.1) is 0 Å². The van der Waals surface area contributed by atoms with Gasteiger partial charge in [0.05, 0.1) is 33.6 Å². The minimum absolute atomic E-state index is 0.0666. The van der Waals surface area contributed by atoms with Gasteiger partial charge in [-0.25, -0.2) is 9.59 Å². The number of hydrazone groups is 1. The van der Waals surface area contributed by atoms with Gasteiger partial charge in [-0.05, 0) is 131 Å². The minimum Gasteiger partial charge on any atom is -0.462 e. The fourth-order valence-corrected chi connectivity index (χ4v) is 8.42. The number of aryl methyl sites for hydroxylation is 1. The SMILES string of the molecule is CCC(C)c1ccc(OC(=O)C(C#N)=Cc2ccc(N(C)C=O)cc2)cc1.CCOC(=O)c1cccc(N(/N=C\C2=[N+](C)c3ccccc3C2(C)C)C(=O)C(C)(C)c2ccccc2)c1.Cc1ccc(S(=O)(=O)O)cc1. The molecule has 6 aromatic carbocycles. The Morgan fingerprint density at radius 1 is 0.853 bits per heavy atom. The van der Waals surface area contributed by atoms with E-state index in [4.69, 9.17) is 19.1 Å². The third-order valence-electron chi connectivity index (χ3n) is 12.8. The molecular formula is C60H64N5O9S+. The zero-order valence-electron chi connectivity index (χ0n) is 44.0. The monoisotopic (exact) mass is 1030 g/mol. The van der Waals surface area contributed by atoms with Crippen LogP contribution in [0, 0.1) is 18.3 Å². The Morgan fingerprint density at radius 3 is 2.05 bits per heavy atom. The average molecular weight is 1030 g/mol. The number of nitriles is 1. The number of hydrogen-bond donors (Lipinski definition) is 1. The highest BCUT2D eigenvalue weighted by atomic mass is 32.2. The zero-order chi connectivity index (χ0) is 55.1. The minimum atomic E-state index is -4.02. The van der Waals surface area contributed by atoms with E-state index in [1.165, 1.54) is 39.2 Å². The van der Waals surface area contributed by atoms with E-state index in [1.54, 1.807) is 93.0 Å². The molecule has 1 aliphatic rings. The maximum atomic E-state index is 14.1. The summed E-state index contributed by atoms with van der Waals surface area (Å²) >= 11 is 0. The van der Waals surface area contributed by atoms with Gasteiger partial charge in [0.25, 0.3) is 16.0 Å². The van der Waals surface area contributed by atoms with Crippen LogP contribution in [0.1, 0.15) is 99.0 Å². The molecule has 0 fully saturated rings. The van der Waals surface area contributed by atoms with Gasteiger partial charge in [0, 0.05) is 24.4 Å². The maximum absolute atomic E-state index is 14.1. The first-order valence-electron chi connectivity index (χ1n) is 24.2. The van der Waals surface area contributed by atoms with E-state index in [9.17, 15) is 32.9 Å². The molecule has 0 bridgehead atoms. The molecule has 1 atom stereocenters. The lowest BCUT2D eigenvalue weighted by atomic mass is 9.82. The first-order chi connectivity index (χ1) is 35.6. The van der Waals surface area contributed by atoms with Crippen molar-refractivity contribution in [1.82, 2.24) is 0 Å². The molecule has 0 saturated carbocycles. The summed E-state index contributed by atoms with van der Waals surface area (Å²) in [5, 5.41) is 15.5. The predicted molar refractivity (Wildman–Crippen MR) is 294 cm³/mol. The first kappa shape index (κ1) is 57.6. The largest absolute Gasteiger partial charge is 0.462 e. The zero-order valence-corrected chi connectivity index (χ0v) is 44.8. The molecule has 388 valence electrons. The van der Waals surface area contributed by atoms with Crippen molar-refractivity contribution in [3.8, 4) is 11.8 Å². The van der Waals surface area contributed by atoms with Crippen molar-refractivity contribution in [3.63, 3.8) is 0 Å². The van der Waals surface area contributed by atoms with E-state index in [1.807, 2.05) is 88.5 Å². The summed E-state index contributed by atoms with van der Waals surface area (Å²) in [7, 11) is -0.368. The Kier molecular flexibility index (Phi) is 19.6. The molecule has 1 heterocycles. The highest BCUT2D eigenvalue weighted by Crippen LogP contribution is 2.38. The molecule has 0 aromatic heterocycles. The molecule has 0 saturated heterocycles. The number of amides is 2. The summed E-state index contributed by atoms with van der Waals surface area (Å²) in [5.74, 6) is -0.526. The van der Waals surface area contributed by atoms with E-state index in [0.717, 1.165) is 28.9 Å². The van der Waals surface area contributed by atoms with Crippen LogP contribution < -0.4 is 14.6 Å². The summed E-state index contributed by atoms with van der Waals surface area (Å²) in [4.78, 5) is 51.0. The summed E-state index contributed by atoms with van der Waals surface area (Å²) in [6.45, 7) is 16.2. The van der Waals surface area contributed by atoms with Crippen LogP contribution in [0.2, 0.25) is 0 Å². The fourth-order valence-electron chi connectivity index (χ4n) is 7.94. The molecule has 7 rings (SSSR count).